The Balaban J connectivity index is 2.11. The molecule has 4 nitrogen and oxygen atoms in total. The molecule has 2 N–H and O–H groups in total. The molecule has 0 fully saturated rings. The molecule has 0 aliphatic rings. The number of hydrogen-bond acceptors (Lipinski definition) is 3. The van der Waals surface area contributed by atoms with E-state index in [2.05, 4.69) is 22.2 Å². The van der Waals surface area contributed by atoms with Crippen LogP contribution < -0.4 is 10.1 Å². The van der Waals surface area contributed by atoms with Crippen molar-refractivity contribution >= 4 is 5.69 Å². The second-order valence-electron chi connectivity index (χ2n) is 4.01. The van der Waals surface area contributed by atoms with Crippen molar-refractivity contribution in [2.24, 2.45) is 0 Å². The molecule has 17 heavy (non-hydrogen) atoms. The molecule has 90 valence electrons. The van der Waals surface area contributed by atoms with Gasteiger partial charge in [0.15, 0.2) is 0 Å². The zero-order valence-electron chi connectivity index (χ0n) is 10.4. The van der Waals surface area contributed by atoms with Gasteiger partial charge in [0.2, 0.25) is 0 Å². The summed E-state index contributed by atoms with van der Waals surface area (Å²) in [5.41, 5.74) is 4.40. The molecule has 0 aliphatic heterocycles. The summed E-state index contributed by atoms with van der Waals surface area (Å²) >= 11 is 0. The average Bonchev–Trinajstić information content (AvgIpc) is 2.74. The minimum Gasteiger partial charge on any atom is -0.497 e. The number of imidazole rings is 1. The normalized spacial score (nSPS) is 10.3. The van der Waals surface area contributed by atoms with Gasteiger partial charge < -0.3 is 15.0 Å². The van der Waals surface area contributed by atoms with E-state index in [1.807, 2.05) is 25.1 Å². The quantitative estimate of drug-likeness (QED) is 0.850. The molecule has 0 amide bonds. The molecule has 0 radical (unpaired) electrons. The number of methoxy groups -OCH3 is 1. The first-order valence-electron chi connectivity index (χ1n) is 5.58. The second-order valence-corrected chi connectivity index (χ2v) is 4.01. The van der Waals surface area contributed by atoms with Gasteiger partial charge in [0, 0.05) is 17.4 Å². The van der Waals surface area contributed by atoms with Crippen LogP contribution in [0.3, 0.4) is 0 Å². The maximum atomic E-state index is 5.21. The lowest BCUT2D eigenvalue weighted by molar-refractivity contribution is 0.415. The number of H-pyrrole nitrogens is 1. The molecule has 4 heteroatoms. The number of aryl methyl sites for hydroxylation is 2. The number of nitrogens with zero attached hydrogens (tertiary/aromatic N) is 1. The summed E-state index contributed by atoms with van der Waals surface area (Å²) in [6.07, 6.45) is 1.71. The highest BCUT2D eigenvalue weighted by Crippen LogP contribution is 2.22. The summed E-state index contributed by atoms with van der Waals surface area (Å²) < 4.78 is 5.21. The summed E-state index contributed by atoms with van der Waals surface area (Å²) in [4.78, 5) is 7.32. The highest BCUT2D eigenvalue weighted by atomic mass is 16.5. The van der Waals surface area contributed by atoms with Gasteiger partial charge in [0.1, 0.15) is 5.75 Å². The molecule has 2 rings (SSSR count). The molecular weight excluding hydrogens is 214 g/mol. The van der Waals surface area contributed by atoms with Gasteiger partial charge in [-0.05, 0) is 25.5 Å². The fourth-order valence-electron chi connectivity index (χ4n) is 1.66. The summed E-state index contributed by atoms with van der Waals surface area (Å²) in [5.74, 6) is 0.858. The summed E-state index contributed by atoms with van der Waals surface area (Å²) in [6, 6.07) is 6.00. The Morgan fingerprint density at radius 1 is 1.35 bits per heavy atom. The zero-order chi connectivity index (χ0) is 12.3. The van der Waals surface area contributed by atoms with Gasteiger partial charge in [-0.2, -0.15) is 0 Å². The summed E-state index contributed by atoms with van der Waals surface area (Å²) in [6.45, 7) is 4.80. The standard InChI is InChI=1S/C13H17N3O/c1-9-4-5-11(17-3)6-12(9)14-7-13-10(2)15-8-16-13/h4-6,8,14H,7H2,1-3H3,(H,15,16). The molecule has 0 spiro atoms. The lowest BCUT2D eigenvalue weighted by Crippen LogP contribution is -2.03. The monoisotopic (exact) mass is 231 g/mol. The Hall–Kier alpha value is -1.97. The van der Waals surface area contributed by atoms with E-state index in [1.165, 1.54) is 5.56 Å². The number of aromatic amines is 1. The van der Waals surface area contributed by atoms with Crippen molar-refractivity contribution in [1.82, 2.24) is 9.97 Å². The Bertz CT molecular complexity index is 505. The third-order valence-electron chi connectivity index (χ3n) is 2.83. The number of rotatable bonds is 4. The molecule has 0 saturated carbocycles. The van der Waals surface area contributed by atoms with E-state index >= 15 is 0 Å². The molecule has 2 aromatic rings. The van der Waals surface area contributed by atoms with Crippen LogP contribution in [0.1, 0.15) is 17.0 Å². The smallest absolute Gasteiger partial charge is 0.120 e. The van der Waals surface area contributed by atoms with Gasteiger partial charge in [0.05, 0.1) is 25.7 Å². The van der Waals surface area contributed by atoms with Gasteiger partial charge in [-0.3, -0.25) is 0 Å². The topological polar surface area (TPSA) is 49.9 Å². The average molecular weight is 231 g/mol. The van der Waals surface area contributed by atoms with Crippen molar-refractivity contribution in [3.05, 3.63) is 41.5 Å². The van der Waals surface area contributed by atoms with Gasteiger partial charge in [-0.1, -0.05) is 6.07 Å². The SMILES string of the molecule is COc1ccc(C)c(NCc2nc[nH]c2C)c1. The Morgan fingerprint density at radius 3 is 2.82 bits per heavy atom. The van der Waals surface area contributed by atoms with Crippen LogP contribution in [-0.4, -0.2) is 17.1 Å². The summed E-state index contributed by atoms with van der Waals surface area (Å²) in [7, 11) is 1.67. The predicted molar refractivity (Wildman–Crippen MR) is 68.4 cm³/mol. The largest absolute Gasteiger partial charge is 0.497 e. The Morgan fingerprint density at radius 2 is 2.18 bits per heavy atom. The van der Waals surface area contributed by atoms with E-state index in [0.717, 1.165) is 22.8 Å². The van der Waals surface area contributed by atoms with E-state index in [0.29, 0.717) is 6.54 Å². The van der Waals surface area contributed by atoms with Crippen molar-refractivity contribution in [1.29, 1.82) is 0 Å². The van der Waals surface area contributed by atoms with Crippen molar-refractivity contribution < 1.29 is 4.74 Å². The molecule has 0 saturated heterocycles. The molecule has 1 aromatic heterocycles. The molecule has 1 heterocycles. The first-order chi connectivity index (χ1) is 8.20. The van der Waals surface area contributed by atoms with E-state index in [9.17, 15) is 0 Å². The number of benzene rings is 1. The summed E-state index contributed by atoms with van der Waals surface area (Å²) in [5, 5.41) is 3.37. The van der Waals surface area contributed by atoms with Crippen molar-refractivity contribution in [3.63, 3.8) is 0 Å². The Labute approximate surface area is 101 Å². The molecule has 1 aromatic carbocycles. The third-order valence-corrected chi connectivity index (χ3v) is 2.83. The highest BCUT2D eigenvalue weighted by Gasteiger charge is 2.03. The lowest BCUT2D eigenvalue weighted by atomic mass is 10.2. The van der Waals surface area contributed by atoms with E-state index in [1.54, 1.807) is 13.4 Å². The van der Waals surface area contributed by atoms with Crippen LogP contribution in [0, 0.1) is 13.8 Å². The van der Waals surface area contributed by atoms with Crippen molar-refractivity contribution in [2.75, 3.05) is 12.4 Å². The van der Waals surface area contributed by atoms with Crippen LogP contribution in [0.2, 0.25) is 0 Å². The van der Waals surface area contributed by atoms with Crippen LogP contribution >= 0.6 is 0 Å². The maximum absolute atomic E-state index is 5.21. The van der Waals surface area contributed by atoms with E-state index in [-0.39, 0.29) is 0 Å². The van der Waals surface area contributed by atoms with Crippen LogP contribution in [0.4, 0.5) is 5.69 Å². The van der Waals surface area contributed by atoms with Crippen molar-refractivity contribution in [2.45, 2.75) is 20.4 Å². The number of ether oxygens (including phenoxy) is 1. The predicted octanol–water partition coefficient (Wildman–Crippen LogP) is 2.65. The fourth-order valence-corrected chi connectivity index (χ4v) is 1.66. The van der Waals surface area contributed by atoms with E-state index < -0.39 is 0 Å². The van der Waals surface area contributed by atoms with E-state index in [4.69, 9.17) is 4.74 Å². The molecule has 0 bridgehead atoms. The fraction of sp³-hybridized carbons (Fsp3) is 0.308. The zero-order valence-corrected chi connectivity index (χ0v) is 10.4. The number of aromatic nitrogens is 2. The van der Waals surface area contributed by atoms with Crippen LogP contribution in [-0.2, 0) is 6.54 Å². The van der Waals surface area contributed by atoms with Gasteiger partial charge in [-0.15, -0.1) is 0 Å². The lowest BCUT2D eigenvalue weighted by Gasteiger charge is -2.10. The minimum atomic E-state index is 0.712. The van der Waals surface area contributed by atoms with Crippen LogP contribution in [0.25, 0.3) is 0 Å². The first kappa shape index (κ1) is 11.5. The van der Waals surface area contributed by atoms with Crippen LogP contribution in [0.5, 0.6) is 5.75 Å². The van der Waals surface area contributed by atoms with Gasteiger partial charge in [0.25, 0.3) is 0 Å². The number of nitrogens with one attached hydrogen (secondary N) is 2. The Kier molecular flexibility index (Phi) is 3.32. The molecular formula is C13H17N3O. The molecule has 0 aliphatic carbocycles. The third kappa shape index (κ3) is 2.58. The van der Waals surface area contributed by atoms with Gasteiger partial charge >= 0.3 is 0 Å². The highest BCUT2D eigenvalue weighted by molar-refractivity contribution is 5.54. The number of anilines is 1. The number of hydrogen-bond donors (Lipinski definition) is 2. The second kappa shape index (κ2) is 4.91. The van der Waals surface area contributed by atoms with Gasteiger partial charge in [-0.25, -0.2) is 4.98 Å². The van der Waals surface area contributed by atoms with Crippen LogP contribution in [0.15, 0.2) is 24.5 Å². The minimum absolute atomic E-state index is 0.712. The maximum Gasteiger partial charge on any atom is 0.120 e. The first-order valence-corrected chi connectivity index (χ1v) is 5.58. The van der Waals surface area contributed by atoms with Crippen molar-refractivity contribution in [3.8, 4) is 5.75 Å². The molecule has 0 unspecified atom stereocenters. The molecule has 0 atom stereocenters.